The summed E-state index contributed by atoms with van der Waals surface area (Å²) in [7, 11) is 1.63. The van der Waals surface area contributed by atoms with Gasteiger partial charge < -0.3 is 19.3 Å². The lowest BCUT2D eigenvalue weighted by atomic mass is 10.2. The summed E-state index contributed by atoms with van der Waals surface area (Å²) >= 11 is 0. The van der Waals surface area contributed by atoms with Crippen LogP contribution in [0, 0.1) is 0 Å². The molecule has 0 bridgehead atoms. The van der Waals surface area contributed by atoms with E-state index in [1.54, 1.807) is 7.11 Å². The van der Waals surface area contributed by atoms with Crippen LogP contribution in [0.3, 0.4) is 0 Å². The first-order valence-electron chi connectivity index (χ1n) is 7.99. The molecule has 1 aromatic carbocycles. The summed E-state index contributed by atoms with van der Waals surface area (Å²) in [6.45, 7) is 8.64. The maximum absolute atomic E-state index is 12.6. The zero-order valence-corrected chi connectivity index (χ0v) is 13.7. The summed E-state index contributed by atoms with van der Waals surface area (Å²) in [5.41, 5.74) is 0. The highest BCUT2D eigenvalue weighted by Crippen LogP contribution is 2.20. The van der Waals surface area contributed by atoms with Gasteiger partial charge in [-0.15, -0.1) is 0 Å². The van der Waals surface area contributed by atoms with Crippen LogP contribution in [-0.4, -0.2) is 61.6 Å². The molecule has 1 aliphatic rings. The van der Waals surface area contributed by atoms with Gasteiger partial charge in [0, 0.05) is 26.2 Å². The van der Waals surface area contributed by atoms with Gasteiger partial charge in [0.2, 0.25) is 0 Å². The first-order chi connectivity index (χ1) is 10.7. The van der Waals surface area contributed by atoms with Gasteiger partial charge in [-0.05, 0) is 37.2 Å². The summed E-state index contributed by atoms with van der Waals surface area (Å²) in [6, 6.07) is 7.35. The predicted molar refractivity (Wildman–Crippen MR) is 86.4 cm³/mol. The summed E-state index contributed by atoms with van der Waals surface area (Å²) < 4.78 is 11.0. The molecule has 0 radical (unpaired) electrons. The van der Waals surface area contributed by atoms with E-state index in [1.807, 2.05) is 36.1 Å². The number of carbonyl (C=O) groups excluding carboxylic acids is 1. The molecule has 0 unspecified atom stereocenters. The standard InChI is InChI=1S/C17H26N2O3/c1-4-16(22-15-8-6-14(21-3)7-9-15)17(20)19-12-10-18(5-2)11-13-19/h6-9,16H,4-5,10-13H2,1-3H3/t16-/m1/s1. The number of hydrogen-bond acceptors (Lipinski definition) is 4. The van der Waals surface area contributed by atoms with Gasteiger partial charge in [-0.25, -0.2) is 0 Å². The fraction of sp³-hybridized carbons (Fsp3) is 0.588. The van der Waals surface area contributed by atoms with Crippen molar-refractivity contribution in [3.63, 3.8) is 0 Å². The average molecular weight is 306 g/mol. The molecule has 0 saturated carbocycles. The summed E-state index contributed by atoms with van der Waals surface area (Å²) in [5.74, 6) is 1.57. The van der Waals surface area contributed by atoms with Crippen LogP contribution in [-0.2, 0) is 4.79 Å². The Morgan fingerprint density at radius 1 is 1.09 bits per heavy atom. The van der Waals surface area contributed by atoms with Crippen molar-refractivity contribution in [3.05, 3.63) is 24.3 Å². The monoisotopic (exact) mass is 306 g/mol. The number of likely N-dealkylation sites (N-methyl/N-ethyl adjacent to an activating group) is 1. The second-order valence-corrected chi connectivity index (χ2v) is 5.45. The van der Waals surface area contributed by atoms with Crippen LogP contribution in [0.25, 0.3) is 0 Å². The van der Waals surface area contributed by atoms with Crippen molar-refractivity contribution in [3.8, 4) is 11.5 Å². The van der Waals surface area contributed by atoms with Crippen molar-refractivity contribution >= 4 is 5.91 Å². The molecule has 0 aromatic heterocycles. The quantitative estimate of drug-likeness (QED) is 0.806. The predicted octanol–water partition coefficient (Wildman–Crippen LogP) is 2.02. The zero-order valence-electron chi connectivity index (χ0n) is 13.7. The lowest BCUT2D eigenvalue weighted by Gasteiger charge is -2.35. The van der Waals surface area contributed by atoms with Crippen molar-refractivity contribution in [2.75, 3.05) is 39.8 Å². The molecule has 0 spiro atoms. The number of benzene rings is 1. The minimum absolute atomic E-state index is 0.0917. The Balaban J connectivity index is 1.93. The normalized spacial score (nSPS) is 17.1. The highest BCUT2D eigenvalue weighted by atomic mass is 16.5. The number of carbonyl (C=O) groups is 1. The van der Waals surface area contributed by atoms with E-state index in [1.165, 1.54) is 0 Å². The smallest absolute Gasteiger partial charge is 0.263 e. The Kier molecular flexibility index (Phi) is 6.07. The van der Waals surface area contributed by atoms with Crippen LogP contribution in [0.5, 0.6) is 11.5 Å². The third kappa shape index (κ3) is 4.13. The van der Waals surface area contributed by atoms with Crippen molar-refractivity contribution in [2.45, 2.75) is 26.4 Å². The number of piperazine rings is 1. The van der Waals surface area contributed by atoms with E-state index >= 15 is 0 Å². The van der Waals surface area contributed by atoms with Crippen LogP contribution >= 0.6 is 0 Å². The van der Waals surface area contributed by atoms with Crippen molar-refractivity contribution in [1.29, 1.82) is 0 Å². The Labute approximate surface area is 132 Å². The van der Waals surface area contributed by atoms with E-state index in [2.05, 4.69) is 11.8 Å². The SMILES string of the molecule is CC[C@@H](Oc1ccc(OC)cc1)C(=O)N1CCN(CC)CC1. The molecule has 22 heavy (non-hydrogen) atoms. The molecule has 0 N–H and O–H groups in total. The molecule has 2 rings (SSSR count). The van der Waals surface area contributed by atoms with Gasteiger partial charge >= 0.3 is 0 Å². The van der Waals surface area contributed by atoms with Crippen LogP contribution in [0.2, 0.25) is 0 Å². The second kappa shape index (κ2) is 8.03. The highest BCUT2D eigenvalue weighted by molar-refractivity contribution is 5.81. The van der Waals surface area contributed by atoms with Crippen LogP contribution in [0.15, 0.2) is 24.3 Å². The molecule has 1 fully saturated rings. The fourth-order valence-corrected chi connectivity index (χ4v) is 2.62. The van der Waals surface area contributed by atoms with Crippen molar-refractivity contribution in [1.82, 2.24) is 9.80 Å². The van der Waals surface area contributed by atoms with E-state index < -0.39 is 6.10 Å². The minimum atomic E-state index is -0.415. The maximum atomic E-state index is 12.6. The number of amides is 1. The molecule has 5 heteroatoms. The molecule has 5 nitrogen and oxygen atoms in total. The van der Waals surface area contributed by atoms with Gasteiger partial charge in [-0.3, -0.25) is 4.79 Å². The largest absolute Gasteiger partial charge is 0.497 e. The van der Waals surface area contributed by atoms with Gasteiger partial charge in [0.25, 0.3) is 5.91 Å². The second-order valence-electron chi connectivity index (χ2n) is 5.45. The van der Waals surface area contributed by atoms with E-state index in [0.29, 0.717) is 12.2 Å². The number of ether oxygens (including phenoxy) is 2. The molecule has 1 heterocycles. The molecule has 0 aliphatic carbocycles. The first-order valence-corrected chi connectivity index (χ1v) is 7.99. The molecular weight excluding hydrogens is 280 g/mol. The van der Waals surface area contributed by atoms with Crippen LogP contribution in [0.4, 0.5) is 0 Å². The van der Waals surface area contributed by atoms with Crippen LogP contribution < -0.4 is 9.47 Å². The third-order valence-electron chi connectivity index (χ3n) is 4.12. The molecule has 1 saturated heterocycles. The fourth-order valence-electron chi connectivity index (χ4n) is 2.62. The third-order valence-corrected chi connectivity index (χ3v) is 4.12. The number of hydrogen-bond donors (Lipinski definition) is 0. The maximum Gasteiger partial charge on any atom is 0.263 e. The Morgan fingerprint density at radius 3 is 2.18 bits per heavy atom. The summed E-state index contributed by atoms with van der Waals surface area (Å²) in [4.78, 5) is 16.9. The lowest BCUT2D eigenvalue weighted by molar-refractivity contribution is -0.140. The zero-order chi connectivity index (χ0) is 15.9. The van der Waals surface area contributed by atoms with Crippen molar-refractivity contribution < 1.29 is 14.3 Å². The molecule has 122 valence electrons. The van der Waals surface area contributed by atoms with Gasteiger partial charge in [-0.2, -0.15) is 0 Å². The lowest BCUT2D eigenvalue weighted by Crippen LogP contribution is -2.52. The average Bonchev–Trinajstić information content (AvgIpc) is 2.59. The molecule has 1 amide bonds. The van der Waals surface area contributed by atoms with Gasteiger partial charge in [-0.1, -0.05) is 13.8 Å². The summed E-state index contributed by atoms with van der Waals surface area (Å²) in [5, 5.41) is 0. The van der Waals surface area contributed by atoms with Crippen molar-refractivity contribution in [2.24, 2.45) is 0 Å². The topological polar surface area (TPSA) is 42.0 Å². The van der Waals surface area contributed by atoms with Crippen LogP contribution in [0.1, 0.15) is 20.3 Å². The van der Waals surface area contributed by atoms with E-state index in [-0.39, 0.29) is 5.91 Å². The van der Waals surface area contributed by atoms with E-state index in [4.69, 9.17) is 9.47 Å². The Bertz CT molecular complexity index is 467. The Hall–Kier alpha value is -1.75. The number of nitrogens with zero attached hydrogens (tertiary/aromatic N) is 2. The van der Waals surface area contributed by atoms with Gasteiger partial charge in [0.1, 0.15) is 11.5 Å². The molecular formula is C17H26N2O3. The Morgan fingerprint density at radius 2 is 1.68 bits per heavy atom. The van der Waals surface area contributed by atoms with E-state index in [0.717, 1.165) is 38.5 Å². The molecule has 1 atom stereocenters. The molecule has 1 aromatic rings. The number of rotatable bonds is 6. The van der Waals surface area contributed by atoms with Gasteiger partial charge in [0.15, 0.2) is 6.10 Å². The minimum Gasteiger partial charge on any atom is -0.497 e. The molecule has 1 aliphatic heterocycles. The van der Waals surface area contributed by atoms with Gasteiger partial charge in [0.05, 0.1) is 7.11 Å². The first kappa shape index (κ1) is 16.6. The highest BCUT2D eigenvalue weighted by Gasteiger charge is 2.27. The van der Waals surface area contributed by atoms with E-state index in [9.17, 15) is 4.79 Å². The number of methoxy groups -OCH3 is 1. The summed E-state index contributed by atoms with van der Waals surface area (Å²) in [6.07, 6.45) is 0.250.